The lowest BCUT2D eigenvalue weighted by Crippen LogP contribution is -1.97. The number of hydrogen-bond donors (Lipinski definition) is 0. The van der Waals surface area contributed by atoms with Crippen LogP contribution in [0.15, 0.2) is 29.1 Å². The number of aromatic nitrogens is 5. The highest BCUT2D eigenvalue weighted by Crippen LogP contribution is 2.35. The minimum absolute atomic E-state index is 0.237. The second kappa shape index (κ2) is 5.14. The molecule has 0 fully saturated rings. The third-order valence-corrected chi connectivity index (χ3v) is 4.33. The summed E-state index contributed by atoms with van der Waals surface area (Å²) in [5.74, 6) is 0. The van der Waals surface area contributed by atoms with Crippen molar-refractivity contribution in [2.75, 3.05) is 0 Å². The maximum Gasteiger partial charge on any atom is 0.223 e. The van der Waals surface area contributed by atoms with Gasteiger partial charge in [-0.3, -0.25) is 4.68 Å². The molecule has 0 unspecified atom stereocenters. The molecule has 0 radical (unpaired) electrons. The third kappa shape index (κ3) is 2.14. The average molecular weight is 377 g/mol. The number of aryl methyl sites for hydroxylation is 1. The van der Waals surface area contributed by atoms with Gasteiger partial charge in [-0.1, -0.05) is 6.08 Å². The van der Waals surface area contributed by atoms with Gasteiger partial charge in [0.1, 0.15) is 21.3 Å². The second-order valence-corrected chi connectivity index (χ2v) is 6.20. The molecule has 0 aliphatic heterocycles. The number of hydrogen-bond acceptors (Lipinski definition) is 4. The van der Waals surface area contributed by atoms with Gasteiger partial charge in [-0.2, -0.15) is 5.10 Å². The summed E-state index contributed by atoms with van der Waals surface area (Å²) in [5, 5.41) is 4.81. The van der Waals surface area contributed by atoms with Crippen LogP contribution >= 0.6 is 27.5 Å². The van der Waals surface area contributed by atoms with Crippen LogP contribution < -0.4 is 0 Å². The zero-order valence-electron chi connectivity index (χ0n) is 11.7. The normalized spacial score (nSPS) is 13.5. The Morgan fingerprint density at radius 1 is 1.36 bits per heavy atom. The van der Waals surface area contributed by atoms with Crippen LogP contribution in [-0.2, 0) is 13.0 Å². The quantitative estimate of drug-likeness (QED) is 0.506. The van der Waals surface area contributed by atoms with E-state index in [1.165, 1.54) is 5.56 Å². The van der Waals surface area contributed by atoms with E-state index in [0.29, 0.717) is 0 Å². The molecule has 1 aliphatic carbocycles. The molecule has 3 aromatic rings. The predicted octanol–water partition coefficient (Wildman–Crippen LogP) is 3.64. The first-order chi connectivity index (χ1) is 10.7. The van der Waals surface area contributed by atoms with Crippen molar-refractivity contribution < 1.29 is 0 Å². The maximum atomic E-state index is 6.10. The van der Waals surface area contributed by atoms with Crippen LogP contribution in [0.2, 0.25) is 5.28 Å². The van der Waals surface area contributed by atoms with E-state index in [1.807, 2.05) is 30.1 Å². The molecule has 7 heteroatoms. The molecule has 3 aromatic heterocycles. The van der Waals surface area contributed by atoms with E-state index in [0.717, 1.165) is 45.4 Å². The molecule has 0 spiro atoms. The molecular weight excluding hydrogens is 366 g/mol. The average Bonchev–Trinajstić information content (AvgIpc) is 3.09. The predicted molar refractivity (Wildman–Crippen MR) is 88.7 cm³/mol. The van der Waals surface area contributed by atoms with Crippen LogP contribution in [0.1, 0.15) is 23.7 Å². The molecule has 0 atom stereocenters. The molecule has 0 saturated carbocycles. The van der Waals surface area contributed by atoms with Crippen LogP contribution in [0.5, 0.6) is 0 Å². The van der Waals surface area contributed by atoms with Crippen LogP contribution in [0.25, 0.3) is 16.6 Å². The van der Waals surface area contributed by atoms with Crippen molar-refractivity contribution in [2.24, 2.45) is 0 Å². The molecule has 3 heterocycles. The lowest BCUT2D eigenvalue weighted by atomic mass is 10.0. The lowest BCUT2D eigenvalue weighted by molar-refractivity contribution is 0.667. The van der Waals surface area contributed by atoms with E-state index in [1.54, 1.807) is 0 Å². The minimum Gasteiger partial charge on any atom is -0.270 e. The molecule has 1 aliphatic rings. The van der Waals surface area contributed by atoms with E-state index in [2.05, 4.69) is 42.1 Å². The van der Waals surface area contributed by atoms with Crippen LogP contribution in [0, 0.1) is 0 Å². The number of halogens is 2. The Morgan fingerprint density at radius 2 is 2.23 bits per heavy atom. The zero-order chi connectivity index (χ0) is 15.3. The van der Waals surface area contributed by atoms with Gasteiger partial charge in [0.25, 0.3) is 0 Å². The summed E-state index contributed by atoms with van der Waals surface area (Å²) in [5.41, 5.74) is 5.64. The standard InChI is InChI=1S/C15H11BrClN5/c1-2-22-7-11-14(21-22)13(20-15(17)19-11)9-4-3-8-6-18-12(16)5-10(8)9/h4-7H,2-3H2,1H3. The van der Waals surface area contributed by atoms with Crippen molar-refractivity contribution in [1.82, 2.24) is 24.7 Å². The van der Waals surface area contributed by atoms with Gasteiger partial charge in [0.15, 0.2) is 0 Å². The Bertz CT molecular complexity index is 931. The van der Waals surface area contributed by atoms with Gasteiger partial charge in [0.2, 0.25) is 5.28 Å². The smallest absolute Gasteiger partial charge is 0.223 e. The Balaban J connectivity index is 1.96. The fourth-order valence-electron chi connectivity index (χ4n) is 2.70. The van der Waals surface area contributed by atoms with Crippen molar-refractivity contribution in [1.29, 1.82) is 0 Å². The Labute approximate surface area is 140 Å². The number of fused-ring (bicyclic) bond motifs is 2. The topological polar surface area (TPSA) is 56.5 Å². The summed E-state index contributed by atoms with van der Waals surface area (Å²) in [6.45, 7) is 2.81. The van der Waals surface area contributed by atoms with Crippen molar-refractivity contribution >= 4 is 44.1 Å². The van der Waals surface area contributed by atoms with Gasteiger partial charge >= 0.3 is 0 Å². The zero-order valence-corrected chi connectivity index (χ0v) is 14.1. The summed E-state index contributed by atoms with van der Waals surface area (Å²) in [6.07, 6.45) is 6.75. The van der Waals surface area contributed by atoms with Gasteiger partial charge in [-0.05, 0) is 58.1 Å². The number of pyridine rings is 1. The first kappa shape index (κ1) is 13.8. The summed E-state index contributed by atoms with van der Waals surface area (Å²) in [7, 11) is 0. The van der Waals surface area contributed by atoms with E-state index in [4.69, 9.17) is 11.6 Å². The van der Waals surface area contributed by atoms with Crippen molar-refractivity contribution in [3.8, 4) is 0 Å². The number of allylic oxidation sites excluding steroid dienone is 1. The molecule has 0 amide bonds. The Hall–Kier alpha value is -1.79. The third-order valence-electron chi connectivity index (χ3n) is 3.73. The Morgan fingerprint density at radius 3 is 3.05 bits per heavy atom. The minimum atomic E-state index is 0.237. The largest absolute Gasteiger partial charge is 0.270 e. The second-order valence-electron chi connectivity index (χ2n) is 5.05. The summed E-state index contributed by atoms with van der Waals surface area (Å²) in [4.78, 5) is 13.0. The van der Waals surface area contributed by atoms with Crippen LogP contribution in [-0.4, -0.2) is 24.7 Å². The number of nitrogens with zero attached hydrogens (tertiary/aromatic N) is 5. The molecule has 5 nitrogen and oxygen atoms in total. The van der Waals surface area contributed by atoms with E-state index >= 15 is 0 Å². The van der Waals surface area contributed by atoms with Crippen molar-refractivity contribution in [3.05, 3.63) is 51.2 Å². The first-order valence-electron chi connectivity index (χ1n) is 6.91. The van der Waals surface area contributed by atoms with Gasteiger partial charge in [-0.15, -0.1) is 0 Å². The number of rotatable bonds is 2. The molecule has 22 heavy (non-hydrogen) atoms. The molecule has 110 valence electrons. The molecule has 4 rings (SSSR count). The van der Waals surface area contributed by atoms with Crippen LogP contribution in [0.3, 0.4) is 0 Å². The molecule has 0 saturated heterocycles. The fourth-order valence-corrected chi connectivity index (χ4v) is 3.21. The van der Waals surface area contributed by atoms with E-state index < -0.39 is 0 Å². The highest BCUT2D eigenvalue weighted by atomic mass is 79.9. The summed E-state index contributed by atoms with van der Waals surface area (Å²) < 4.78 is 2.65. The van der Waals surface area contributed by atoms with E-state index in [-0.39, 0.29) is 5.28 Å². The van der Waals surface area contributed by atoms with Gasteiger partial charge in [0, 0.05) is 18.3 Å². The highest BCUT2D eigenvalue weighted by Gasteiger charge is 2.22. The SMILES string of the molecule is CCn1cc2nc(Cl)nc(C3=CCc4cnc(Br)cc43)c2n1. The highest BCUT2D eigenvalue weighted by molar-refractivity contribution is 9.10. The maximum absolute atomic E-state index is 6.10. The summed E-state index contributed by atoms with van der Waals surface area (Å²) >= 11 is 9.53. The van der Waals surface area contributed by atoms with Crippen molar-refractivity contribution in [2.45, 2.75) is 19.9 Å². The van der Waals surface area contributed by atoms with Gasteiger partial charge < -0.3 is 0 Å². The van der Waals surface area contributed by atoms with Gasteiger partial charge in [-0.25, -0.2) is 15.0 Å². The molecule has 0 bridgehead atoms. The fraction of sp³-hybridized carbons (Fsp3) is 0.200. The Kier molecular flexibility index (Phi) is 3.23. The first-order valence-corrected chi connectivity index (χ1v) is 8.09. The van der Waals surface area contributed by atoms with Gasteiger partial charge in [0.05, 0.1) is 6.20 Å². The molecular formula is C15H11BrClN5. The lowest BCUT2D eigenvalue weighted by Gasteiger charge is -2.06. The monoisotopic (exact) mass is 375 g/mol. The van der Waals surface area contributed by atoms with Crippen molar-refractivity contribution in [3.63, 3.8) is 0 Å². The van der Waals surface area contributed by atoms with Crippen LogP contribution in [0.4, 0.5) is 0 Å². The molecule has 0 aromatic carbocycles. The summed E-state index contributed by atoms with van der Waals surface area (Å²) in [6, 6.07) is 2.01. The van der Waals surface area contributed by atoms with E-state index in [9.17, 15) is 0 Å². The molecule has 0 N–H and O–H groups in total.